The minimum atomic E-state index is -0.224. The van der Waals surface area contributed by atoms with Gasteiger partial charge in [-0.05, 0) is 68.1 Å². The van der Waals surface area contributed by atoms with Crippen LogP contribution in [0.1, 0.15) is 72.6 Å². The number of ether oxygens (including phenoxy) is 1. The third-order valence-electron chi connectivity index (χ3n) is 7.39. The number of thioether (sulfide) groups is 1. The molecular weight excluding hydrogens is 420 g/mol. The van der Waals surface area contributed by atoms with Gasteiger partial charge < -0.3 is 15.4 Å². The Morgan fingerprint density at radius 1 is 1.19 bits per heavy atom. The number of rotatable bonds is 5. The molecule has 4 unspecified atom stereocenters. The molecule has 0 aromatic rings. The molecule has 1 heterocycles. The number of carbonyl (C=O) groups excluding carboxylic acids is 2. The largest absolute Gasteiger partial charge is 0.458 e. The maximum Gasteiger partial charge on any atom is 0.303 e. The summed E-state index contributed by atoms with van der Waals surface area (Å²) in [7, 11) is 0. The van der Waals surface area contributed by atoms with E-state index in [1.165, 1.54) is 62.9 Å². The van der Waals surface area contributed by atoms with Gasteiger partial charge >= 0.3 is 5.97 Å². The third-order valence-corrected chi connectivity index (χ3v) is 8.91. The molecular formula is C26H38N2O3S. The van der Waals surface area contributed by atoms with Crippen LogP contribution in [0.3, 0.4) is 0 Å². The highest BCUT2D eigenvalue weighted by atomic mass is 32.2. The number of allylic oxidation sites excluding steroid dienone is 2. The highest BCUT2D eigenvalue weighted by Gasteiger charge is 2.47. The predicted octanol–water partition coefficient (Wildman–Crippen LogP) is 4.65. The fourth-order valence-corrected chi connectivity index (χ4v) is 7.51. The molecule has 1 amide bonds. The summed E-state index contributed by atoms with van der Waals surface area (Å²) in [4.78, 5) is 23.7. The molecule has 5 nitrogen and oxygen atoms in total. The van der Waals surface area contributed by atoms with Gasteiger partial charge in [0.2, 0.25) is 5.91 Å². The Morgan fingerprint density at radius 3 is 2.62 bits per heavy atom. The smallest absolute Gasteiger partial charge is 0.303 e. The molecule has 1 aliphatic heterocycles. The lowest BCUT2D eigenvalue weighted by atomic mass is 9.68. The standard InChI is InChI=1S/C26H38N2O3S/c1-16(29)27-19-10-11-22-21(12-19)25-23(28-26(22,3)4)13-20(14-24(25)31-17(2)30)32-15-18-8-6-5-7-9-18/h10-12,18,20,22-24,28H,5-9,13-15H2,1-4H3,(H,27,29). The van der Waals surface area contributed by atoms with Gasteiger partial charge in [0.05, 0.1) is 0 Å². The molecule has 4 rings (SSSR count). The highest BCUT2D eigenvalue weighted by Crippen LogP contribution is 2.46. The predicted molar refractivity (Wildman–Crippen MR) is 130 cm³/mol. The summed E-state index contributed by atoms with van der Waals surface area (Å²) < 4.78 is 5.93. The Labute approximate surface area is 196 Å². The van der Waals surface area contributed by atoms with E-state index in [0.717, 1.165) is 24.5 Å². The molecule has 2 saturated carbocycles. The van der Waals surface area contributed by atoms with Crippen molar-refractivity contribution in [2.75, 3.05) is 5.75 Å². The molecule has 0 saturated heterocycles. The molecule has 4 aliphatic rings. The van der Waals surface area contributed by atoms with Crippen molar-refractivity contribution in [1.82, 2.24) is 10.6 Å². The summed E-state index contributed by atoms with van der Waals surface area (Å²) >= 11 is 2.09. The topological polar surface area (TPSA) is 67.4 Å². The molecule has 0 bridgehead atoms. The van der Waals surface area contributed by atoms with Crippen molar-refractivity contribution in [1.29, 1.82) is 0 Å². The van der Waals surface area contributed by atoms with E-state index in [1.807, 2.05) is 6.08 Å². The van der Waals surface area contributed by atoms with Crippen molar-refractivity contribution >= 4 is 23.6 Å². The molecule has 4 atom stereocenters. The van der Waals surface area contributed by atoms with Crippen LogP contribution in [0.2, 0.25) is 0 Å². The molecule has 2 N–H and O–H groups in total. The van der Waals surface area contributed by atoms with Crippen molar-refractivity contribution in [2.45, 2.75) is 95.6 Å². The quantitative estimate of drug-likeness (QED) is 0.587. The van der Waals surface area contributed by atoms with Gasteiger partial charge in [0.25, 0.3) is 0 Å². The zero-order valence-corrected chi connectivity index (χ0v) is 20.7. The molecule has 3 aliphatic carbocycles. The van der Waals surface area contributed by atoms with Gasteiger partial charge in [-0.1, -0.05) is 25.3 Å². The van der Waals surface area contributed by atoms with Gasteiger partial charge in [-0.15, -0.1) is 0 Å². The van der Waals surface area contributed by atoms with Crippen molar-refractivity contribution in [3.05, 3.63) is 35.1 Å². The molecule has 0 radical (unpaired) electrons. The van der Waals surface area contributed by atoms with Gasteiger partial charge in [0.15, 0.2) is 0 Å². The summed E-state index contributed by atoms with van der Waals surface area (Å²) in [6, 6.07) is 0.180. The maximum atomic E-state index is 12.0. The van der Waals surface area contributed by atoms with Crippen LogP contribution in [0.25, 0.3) is 0 Å². The fourth-order valence-electron chi connectivity index (χ4n) is 5.99. The van der Waals surface area contributed by atoms with Crippen molar-refractivity contribution in [2.24, 2.45) is 11.8 Å². The van der Waals surface area contributed by atoms with Gasteiger partial charge in [0.1, 0.15) is 6.10 Å². The second-order valence-corrected chi connectivity index (χ2v) is 11.8. The number of esters is 1. The van der Waals surface area contributed by atoms with Crippen molar-refractivity contribution < 1.29 is 14.3 Å². The summed E-state index contributed by atoms with van der Waals surface area (Å²) in [5.41, 5.74) is 3.09. The first-order chi connectivity index (χ1) is 15.2. The van der Waals surface area contributed by atoms with E-state index in [9.17, 15) is 9.59 Å². The SMILES string of the molecule is CC(=O)NC1=CC2=C3C(CC(SCC4CCCCC4)CC3OC(C)=O)NC(C)(C)C2C=C1. The van der Waals surface area contributed by atoms with Gasteiger partial charge in [-0.25, -0.2) is 0 Å². The summed E-state index contributed by atoms with van der Waals surface area (Å²) in [5.74, 6) is 1.94. The lowest BCUT2D eigenvalue weighted by Gasteiger charge is -2.50. The zero-order chi connectivity index (χ0) is 22.9. The number of carbonyl (C=O) groups is 2. The first kappa shape index (κ1) is 23.6. The molecule has 32 heavy (non-hydrogen) atoms. The van der Waals surface area contributed by atoms with E-state index in [4.69, 9.17) is 4.74 Å². The average Bonchev–Trinajstić information content (AvgIpc) is 2.71. The second-order valence-electron chi connectivity index (χ2n) is 10.5. The average molecular weight is 459 g/mol. The van der Waals surface area contributed by atoms with E-state index < -0.39 is 0 Å². The Hall–Kier alpha value is -1.53. The lowest BCUT2D eigenvalue weighted by molar-refractivity contribution is -0.145. The minimum Gasteiger partial charge on any atom is -0.458 e. The summed E-state index contributed by atoms with van der Waals surface area (Å²) in [6.07, 6.45) is 14.8. The first-order valence-electron chi connectivity index (χ1n) is 12.2. The Morgan fingerprint density at radius 2 is 1.94 bits per heavy atom. The van der Waals surface area contributed by atoms with Crippen LogP contribution in [0, 0.1) is 11.8 Å². The molecule has 0 aromatic heterocycles. The van der Waals surface area contributed by atoms with E-state index in [-0.39, 0.29) is 35.5 Å². The van der Waals surface area contributed by atoms with E-state index in [0.29, 0.717) is 5.25 Å². The molecule has 176 valence electrons. The molecule has 0 aromatic carbocycles. The first-order valence-corrected chi connectivity index (χ1v) is 13.3. The van der Waals surface area contributed by atoms with Gasteiger partial charge in [-0.3, -0.25) is 9.59 Å². The second kappa shape index (κ2) is 9.76. The number of nitrogens with one attached hydrogen (secondary N) is 2. The normalized spacial score (nSPS) is 31.9. The van der Waals surface area contributed by atoms with Crippen LogP contribution < -0.4 is 10.6 Å². The van der Waals surface area contributed by atoms with Crippen LogP contribution in [-0.2, 0) is 14.3 Å². The van der Waals surface area contributed by atoms with Crippen LogP contribution in [0.4, 0.5) is 0 Å². The number of fused-ring (bicyclic) bond motifs is 2. The Bertz CT molecular complexity index is 838. The van der Waals surface area contributed by atoms with E-state index >= 15 is 0 Å². The van der Waals surface area contributed by atoms with Gasteiger partial charge in [0, 0.05) is 48.7 Å². The Balaban J connectivity index is 1.61. The minimum absolute atomic E-state index is 0.0750. The van der Waals surface area contributed by atoms with Gasteiger partial charge in [-0.2, -0.15) is 11.8 Å². The van der Waals surface area contributed by atoms with Crippen molar-refractivity contribution in [3.63, 3.8) is 0 Å². The van der Waals surface area contributed by atoms with E-state index in [2.05, 4.69) is 48.4 Å². The highest BCUT2D eigenvalue weighted by molar-refractivity contribution is 7.99. The lowest BCUT2D eigenvalue weighted by Crippen LogP contribution is -2.60. The summed E-state index contributed by atoms with van der Waals surface area (Å²) in [5, 5.41) is 7.30. The zero-order valence-electron chi connectivity index (χ0n) is 19.9. The van der Waals surface area contributed by atoms with Crippen molar-refractivity contribution in [3.8, 4) is 0 Å². The number of amides is 1. The van der Waals surface area contributed by atoms with Crippen LogP contribution in [0.5, 0.6) is 0 Å². The fraction of sp³-hybridized carbons (Fsp3) is 0.692. The number of hydrogen-bond acceptors (Lipinski definition) is 5. The van der Waals surface area contributed by atoms with Crippen LogP contribution in [0.15, 0.2) is 35.1 Å². The van der Waals surface area contributed by atoms with Crippen LogP contribution in [-0.4, -0.2) is 40.6 Å². The monoisotopic (exact) mass is 458 g/mol. The van der Waals surface area contributed by atoms with E-state index in [1.54, 1.807) is 0 Å². The third kappa shape index (κ3) is 5.33. The molecule has 0 spiro atoms. The number of hydrogen-bond donors (Lipinski definition) is 2. The summed E-state index contributed by atoms with van der Waals surface area (Å²) in [6.45, 7) is 7.53. The van der Waals surface area contributed by atoms with Crippen LogP contribution >= 0.6 is 11.8 Å². The maximum absolute atomic E-state index is 12.0. The Kier molecular flexibility index (Phi) is 7.21. The molecule has 6 heteroatoms. The molecule has 2 fully saturated rings.